The molecule has 0 amide bonds. The van der Waals surface area contributed by atoms with E-state index in [4.69, 9.17) is 23.2 Å². The molecule has 33 heavy (non-hydrogen) atoms. The van der Waals surface area contributed by atoms with Gasteiger partial charge in [-0.1, -0.05) is 46.5 Å². The highest BCUT2D eigenvalue weighted by Crippen LogP contribution is 2.60. The Labute approximate surface area is 203 Å². The molecular formula is C27H21Cl2N3O. The van der Waals surface area contributed by atoms with Crippen molar-refractivity contribution in [2.24, 2.45) is 5.41 Å². The van der Waals surface area contributed by atoms with E-state index in [0.717, 1.165) is 5.56 Å². The van der Waals surface area contributed by atoms with Crippen molar-refractivity contribution in [3.63, 3.8) is 0 Å². The number of halogens is 2. The Morgan fingerprint density at radius 1 is 0.939 bits per heavy atom. The number of hydrogen-bond acceptors (Lipinski definition) is 4. The predicted molar refractivity (Wildman–Crippen MR) is 130 cm³/mol. The Morgan fingerprint density at radius 3 is 1.94 bits per heavy atom. The average molecular weight is 474 g/mol. The fourth-order valence-electron chi connectivity index (χ4n) is 5.03. The Balaban J connectivity index is 1.98. The van der Waals surface area contributed by atoms with E-state index in [9.17, 15) is 15.3 Å². The van der Waals surface area contributed by atoms with Crippen molar-refractivity contribution in [3.8, 4) is 12.1 Å². The lowest BCUT2D eigenvalue weighted by molar-refractivity contribution is 0.103. The van der Waals surface area contributed by atoms with E-state index in [1.165, 1.54) is 11.1 Å². The van der Waals surface area contributed by atoms with Crippen molar-refractivity contribution < 1.29 is 4.79 Å². The summed E-state index contributed by atoms with van der Waals surface area (Å²) in [6.07, 6.45) is 1.16. The maximum atomic E-state index is 13.5. The minimum Gasteiger partial charge on any atom is -0.345 e. The molecule has 0 fully saturated rings. The topological polar surface area (TPSA) is 67.9 Å². The zero-order valence-corrected chi connectivity index (χ0v) is 20.1. The third-order valence-electron chi connectivity index (χ3n) is 6.61. The minimum atomic E-state index is -0.764. The Hall–Kier alpha value is -3.31. The fraction of sp³-hybridized carbons (Fsp3) is 0.222. The first kappa shape index (κ1) is 22.9. The normalized spacial score (nSPS) is 18.6. The van der Waals surface area contributed by atoms with E-state index >= 15 is 0 Å². The first-order valence-corrected chi connectivity index (χ1v) is 11.2. The molecule has 4 nitrogen and oxygen atoms in total. The standard InChI is InChI=1S/C27H21Cl2N3O/c1-16-12-27(13-17(16)2)23(15-31)24(18-4-8-20(28)9-5-18)32(3)26(27)22(14-30)25(33)19-6-10-21(29)11-7-19/h4-11H,12-13H2,1-3H3/b26-22+. The molecule has 0 aromatic heterocycles. The van der Waals surface area contributed by atoms with Gasteiger partial charge in [-0.3, -0.25) is 4.79 Å². The summed E-state index contributed by atoms with van der Waals surface area (Å²) in [6, 6.07) is 18.4. The SMILES string of the molecule is CC1=C(C)CC2(C1)C(C#N)=C(c1ccc(Cl)cc1)N(C)/C2=C(\C#N)C(=O)c1ccc(Cl)cc1. The number of nitriles is 2. The maximum Gasteiger partial charge on any atom is 0.205 e. The molecule has 1 heterocycles. The van der Waals surface area contributed by atoms with Gasteiger partial charge in [0.2, 0.25) is 5.78 Å². The molecule has 0 bridgehead atoms. The lowest BCUT2D eigenvalue weighted by Gasteiger charge is -2.30. The van der Waals surface area contributed by atoms with Crippen LogP contribution in [0, 0.1) is 28.1 Å². The average Bonchev–Trinajstić information content (AvgIpc) is 3.21. The van der Waals surface area contributed by atoms with Crippen molar-refractivity contribution >= 4 is 34.7 Å². The fourth-order valence-corrected chi connectivity index (χ4v) is 5.28. The van der Waals surface area contributed by atoms with Crippen LogP contribution in [0.15, 0.2) is 76.5 Å². The molecule has 0 N–H and O–H groups in total. The van der Waals surface area contributed by atoms with Crippen molar-refractivity contribution in [2.75, 3.05) is 7.05 Å². The van der Waals surface area contributed by atoms with E-state index in [-0.39, 0.29) is 11.4 Å². The molecule has 2 aliphatic rings. The van der Waals surface area contributed by atoms with E-state index in [2.05, 4.69) is 12.1 Å². The second kappa shape index (κ2) is 8.56. The summed E-state index contributed by atoms with van der Waals surface area (Å²) >= 11 is 12.1. The number of ketones is 1. The van der Waals surface area contributed by atoms with Crippen LogP contribution in [0.2, 0.25) is 10.0 Å². The Morgan fingerprint density at radius 2 is 1.45 bits per heavy atom. The lowest BCUT2D eigenvalue weighted by Crippen LogP contribution is -2.28. The molecule has 1 aliphatic heterocycles. The number of Topliss-reactive ketones (excluding diaryl/α,β-unsaturated/α-hetero) is 1. The van der Waals surface area contributed by atoms with Crippen LogP contribution in [0.25, 0.3) is 5.70 Å². The predicted octanol–water partition coefficient (Wildman–Crippen LogP) is 6.95. The zero-order valence-electron chi connectivity index (χ0n) is 18.5. The zero-order chi connectivity index (χ0) is 23.9. The molecule has 2 aromatic rings. The molecule has 1 aliphatic carbocycles. The summed E-state index contributed by atoms with van der Waals surface area (Å²) in [6.45, 7) is 4.09. The maximum absolute atomic E-state index is 13.5. The molecule has 0 unspecified atom stereocenters. The molecule has 0 atom stereocenters. The third kappa shape index (κ3) is 3.66. The van der Waals surface area contributed by atoms with Gasteiger partial charge in [-0.25, -0.2) is 0 Å². The van der Waals surface area contributed by atoms with Gasteiger partial charge in [-0.05, 0) is 68.7 Å². The number of rotatable bonds is 3. The molecular weight excluding hydrogens is 453 g/mol. The van der Waals surface area contributed by atoms with Crippen LogP contribution < -0.4 is 0 Å². The highest BCUT2D eigenvalue weighted by Gasteiger charge is 2.53. The summed E-state index contributed by atoms with van der Waals surface area (Å²) in [5.41, 5.74) is 4.64. The van der Waals surface area contributed by atoms with Gasteiger partial charge < -0.3 is 4.90 Å². The third-order valence-corrected chi connectivity index (χ3v) is 7.12. The van der Waals surface area contributed by atoms with Crippen LogP contribution in [0.1, 0.15) is 42.6 Å². The summed E-state index contributed by atoms with van der Waals surface area (Å²) in [5, 5.41) is 21.6. The van der Waals surface area contributed by atoms with Crippen LogP contribution >= 0.6 is 23.2 Å². The highest BCUT2D eigenvalue weighted by atomic mass is 35.5. The molecule has 4 rings (SSSR count). The minimum absolute atomic E-state index is 0.0408. The van der Waals surface area contributed by atoms with Crippen molar-refractivity contribution in [1.29, 1.82) is 10.5 Å². The monoisotopic (exact) mass is 473 g/mol. The van der Waals surface area contributed by atoms with Crippen molar-refractivity contribution in [2.45, 2.75) is 26.7 Å². The van der Waals surface area contributed by atoms with Crippen LogP contribution in [0.5, 0.6) is 0 Å². The quantitative estimate of drug-likeness (QED) is 0.209. The number of allylic oxidation sites excluding steroid dienone is 4. The van der Waals surface area contributed by atoms with E-state index in [1.54, 1.807) is 36.4 Å². The van der Waals surface area contributed by atoms with Gasteiger partial charge in [0.05, 0.1) is 28.5 Å². The first-order chi connectivity index (χ1) is 15.7. The van der Waals surface area contributed by atoms with E-state index in [1.807, 2.05) is 37.9 Å². The van der Waals surface area contributed by atoms with Crippen molar-refractivity contribution in [1.82, 2.24) is 4.90 Å². The highest BCUT2D eigenvalue weighted by molar-refractivity contribution is 6.31. The van der Waals surface area contributed by atoms with Crippen LogP contribution in [0.3, 0.4) is 0 Å². The summed E-state index contributed by atoms with van der Waals surface area (Å²) in [7, 11) is 1.82. The molecule has 1 spiro atoms. The Kier molecular flexibility index (Phi) is 5.93. The number of hydrogen-bond donors (Lipinski definition) is 0. The molecule has 164 valence electrons. The molecule has 0 saturated heterocycles. The van der Waals surface area contributed by atoms with Crippen molar-refractivity contribution in [3.05, 3.63) is 97.7 Å². The van der Waals surface area contributed by atoms with Gasteiger partial charge >= 0.3 is 0 Å². The van der Waals surface area contributed by atoms with Gasteiger partial charge in [0.1, 0.15) is 11.6 Å². The number of benzene rings is 2. The largest absolute Gasteiger partial charge is 0.345 e. The number of carbonyl (C=O) groups is 1. The van der Waals surface area contributed by atoms with Gasteiger partial charge in [-0.2, -0.15) is 10.5 Å². The number of carbonyl (C=O) groups excluding carboxylic acids is 1. The second-order valence-electron chi connectivity index (χ2n) is 8.57. The smallest absolute Gasteiger partial charge is 0.205 e. The second-order valence-corrected chi connectivity index (χ2v) is 9.44. The van der Waals surface area contributed by atoms with Gasteiger partial charge in [-0.15, -0.1) is 0 Å². The van der Waals surface area contributed by atoms with E-state index in [0.29, 0.717) is 45.4 Å². The molecule has 0 radical (unpaired) electrons. The van der Waals surface area contributed by atoms with Crippen LogP contribution in [-0.4, -0.2) is 17.7 Å². The molecule has 6 heteroatoms. The first-order valence-electron chi connectivity index (χ1n) is 10.5. The summed E-state index contributed by atoms with van der Waals surface area (Å²) in [4.78, 5) is 15.4. The van der Waals surface area contributed by atoms with Gasteiger partial charge in [0.25, 0.3) is 0 Å². The van der Waals surface area contributed by atoms with Gasteiger partial charge in [0.15, 0.2) is 0 Å². The Bertz CT molecular complexity index is 1320. The number of nitrogens with zero attached hydrogens (tertiary/aromatic N) is 3. The van der Waals surface area contributed by atoms with Gasteiger partial charge in [0, 0.05) is 22.7 Å². The summed E-state index contributed by atoms with van der Waals surface area (Å²) < 4.78 is 0. The molecule has 0 saturated carbocycles. The van der Waals surface area contributed by atoms with Crippen LogP contribution in [0.4, 0.5) is 0 Å². The summed E-state index contributed by atoms with van der Waals surface area (Å²) in [5.74, 6) is -0.382. The van der Waals surface area contributed by atoms with E-state index < -0.39 is 5.41 Å². The van der Waals surface area contributed by atoms with Crippen LogP contribution in [-0.2, 0) is 0 Å². The molecule has 2 aromatic carbocycles. The lowest BCUT2D eigenvalue weighted by atomic mass is 9.73.